The molecule has 0 atom stereocenters. The van der Waals surface area contributed by atoms with Crippen LogP contribution in [0.2, 0.25) is 0 Å². The fraction of sp³-hybridized carbons (Fsp3) is 0.105. The number of ether oxygens (including phenoxy) is 2. The summed E-state index contributed by atoms with van der Waals surface area (Å²) in [5, 5.41) is 1.76. The van der Waals surface area contributed by atoms with Gasteiger partial charge in [0.15, 0.2) is 0 Å². The molecule has 3 aromatic rings. The number of hydrogen-bond acceptors (Lipinski definition) is 3. The zero-order valence-corrected chi connectivity index (χ0v) is 13.1. The summed E-state index contributed by atoms with van der Waals surface area (Å²) in [5.41, 5.74) is -0.777. The Kier molecular flexibility index (Phi) is 4.35. The molecule has 128 valence electrons. The molecule has 0 fully saturated rings. The number of esters is 1. The lowest BCUT2D eigenvalue weighted by Gasteiger charge is -2.09. The van der Waals surface area contributed by atoms with Gasteiger partial charge in [-0.05, 0) is 59.3 Å². The van der Waals surface area contributed by atoms with Gasteiger partial charge in [-0.3, -0.25) is 0 Å². The van der Waals surface area contributed by atoms with E-state index in [-0.39, 0.29) is 5.56 Å². The molecule has 0 saturated heterocycles. The molecule has 0 spiro atoms. The SMILES string of the molecule is COc1ccc2ccc(OC(=O)c3ccc(C(F)(F)F)cc3)cc2c1. The van der Waals surface area contributed by atoms with Crippen molar-refractivity contribution in [2.45, 2.75) is 6.18 Å². The Bertz CT molecular complexity index is 915. The maximum Gasteiger partial charge on any atom is 0.416 e. The average Bonchev–Trinajstić information content (AvgIpc) is 2.60. The lowest BCUT2D eigenvalue weighted by molar-refractivity contribution is -0.137. The van der Waals surface area contributed by atoms with Gasteiger partial charge in [-0.1, -0.05) is 12.1 Å². The average molecular weight is 346 g/mol. The number of fused-ring (bicyclic) bond motifs is 1. The predicted molar refractivity (Wildman–Crippen MR) is 86.9 cm³/mol. The molecule has 0 unspecified atom stereocenters. The summed E-state index contributed by atoms with van der Waals surface area (Å²) in [7, 11) is 1.55. The summed E-state index contributed by atoms with van der Waals surface area (Å²) in [6.45, 7) is 0. The first-order chi connectivity index (χ1) is 11.9. The molecule has 0 radical (unpaired) electrons. The number of alkyl halides is 3. The van der Waals surface area contributed by atoms with Crippen LogP contribution in [0, 0.1) is 0 Å². The number of rotatable bonds is 3. The van der Waals surface area contributed by atoms with Gasteiger partial charge in [-0.15, -0.1) is 0 Å². The minimum atomic E-state index is -4.44. The molecule has 3 rings (SSSR count). The van der Waals surface area contributed by atoms with Gasteiger partial charge in [-0.2, -0.15) is 13.2 Å². The van der Waals surface area contributed by atoms with Crippen molar-refractivity contribution in [1.29, 1.82) is 0 Å². The van der Waals surface area contributed by atoms with E-state index in [4.69, 9.17) is 9.47 Å². The topological polar surface area (TPSA) is 35.5 Å². The lowest BCUT2D eigenvalue weighted by atomic mass is 10.1. The van der Waals surface area contributed by atoms with E-state index in [0.29, 0.717) is 11.5 Å². The van der Waals surface area contributed by atoms with E-state index in [2.05, 4.69) is 0 Å². The summed E-state index contributed by atoms with van der Waals surface area (Å²) in [6.07, 6.45) is -4.44. The van der Waals surface area contributed by atoms with Crippen molar-refractivity contribution in [1.82, 2.24) is 0 Å². The quantitative estimate of drug-likeness (QED) is 0.490. The summed E-state index contributed by atoms with van der Waals surface area (Å²) in [6, 6.07) is 14.4. The monoisotopic (exact) mass is 346 g/mol. The van der Waals surface area contributed by atoms with Gasteiger partial charge < -0.3 is 9.47 Å². The zero-order chi connectivity index (χ0) is 18.0. The highest BCUT2D eigenvalue weighted by Crippen LogP contribution is 2.29. The number of hydrogen-bond donors (Lipinski definition) is 0. The van der Waals surface area contributed by atoms with Crippen LogP contribution in [0.5, 0.6) is 11.5 Å². The maximum atomic E-state index is 12.6. The number of methoxy groups -OCH3 is 1. The van der Waals surface area contributed by atoms with Crippen molar-refractivity contribution < 1.29 is 27.4 Å². The Balaban J connectivity index is 1.81. The van der Waals surface area contributed by atoms with Crippen LogP contribution in [0.25, 0.3) is 10.8 Å². The highest BCUT2D eigenvalue weighted by atomic mass is 19.4. The van der Waals surface area contributed by atoms with E-state index in [1.54, 1.807) is 31.4 Å². The summed E-state index contributed by atoms with van der Waals surface area (Å²) in [4.78, 5) is 12.1. The largest absolute Gasteiger partial charge is 0.497 e. The smallest absolute Gasteiger partial charge is 0.416 e. The first-order valence-electron chi connectivity index (χ1n) is 7.34. The van der Waals surface area contributed by atoms with E-state index < -0.39 is 17.7 Å². The molecule has 25 heavy (non-hydrogen) atoms. The molecule has 3 nitrogen and oxygen atoms in total. The molecule has 0 N–H and O–H groups in total. The van der Waals surface area contributed by atoms with Gasteiger partial charge in [0.05, 0.1) is 18.2 Å². The van der Waals surface area contributed by atoms with Crippen molar-refractivity contribution >= 4 is 16.7 Å². The molecule has 6 heteroatoms. The van der Waals surface area contributed by atoms with Gasteiger partial charge in [0.25, 0.3) is 0 Å². The second-order valence-electron chi connectivity index (χ2n) is 5.34. The van der Waals surface area contributed by atoms with Gasteiger partial charge in [0, 0.05) is 0 Å². The van der Waals surface area contributed by atoms with Crippen molar-refractivity contribution in [3.05, 3.63) is 71.8 Å². The number of benzene rings is 3. The van der Waals surface area contributed by atoms with E-state index >= 15 is 0 Å². The Morgan fingerprint density at radius 1 is 0.840 bits per heavy atom. The van der Waals surface area contributed by atoms with Crippen LogP contribution >= 0.6 is 0 Å². The van der Waals surface area contributed by atoms with E-state index in [9.17, 15) is 18.0 Å². The third-order valence-electron chi connectivity index (χ3n) is 3.68. The fourth-order valence-corrected chi connectivity index (χ4v) is 2.35. The van der Waals surface area contributed by atoms with Gasteiger partial charge >= 0.3 is 12.1 Å². The Morgan fingerprint density at radius 3 is 2.04 bits per heavy atom. The predicted octanol–water partition coefficient (Wildman–Crippen LogP) is 5.09. The van der Waals surface area contributed by atoms with E-state index in [1.807, 2.05) is 12.1 Å². The molecular formula is C19H13F3O3. The van der Waals surface area contributed by atoms with Crippen LogP contribution in [-0.2, 0) is 6.18 Å². The zero-order valence-electron chi connectivity index (χ0n) is 13.1. The number of carbonyl (C=O) groups excluding carboxylic acids is 1. The molecule has 3 aromatic carbocycles. The standard InChI is InChI=1S/C19H13F3O3/c1-24-16-8-4-12-5-9-17(11-14(12)10-16)25-18(23)13-2-6-15(7-3-13)19(20,21)22/h2-11H,1H3. The second-order valence-corrected chi connectivity index (χ2v) is 5.34. The van der Waals surface area contributed by atoms with Crippen LogP contribution in [0.15, 0.2) is 60.7 Å². The van der Waals surface area contributed by atoms with Crippen LogP contribution in [0.3, 0.4) is 0 Å². The van der Waals surface area contributed by atoms with Crippen LogP contribution < -0.4 is 9.47 Å². The van der Waals surface area contributed by atoms with Crippen LogP contribution in [0.1, 0.15) is 15.9 Å². The summed E-state index contributed by atoms with van der Waals surface area (Å²) >= 11 is 0. The molecule has 0 aliphatic carbocycles. The van der Waals surface area contributed by atoms with Crippen molar-refractivity contribution in [3.63, 3.8) is 0 Å². The second kappa shape index (κ2) is 6.47. The molecule has 0 aromatic heterocycles. The number of halogens is 3. The Morgan fingerprint density at radius 2 is 1.44 bits per heavy atom. The maximum absolute atomic E-state index is 12.6. The number of carbonyl (C=O) groups is 1. The van der Waals surface area contributed by atoms with Crippen molar-refractivity contribution in [2.24, 2.45) is 0 Å². The highest BCUT2D eigenvalue weighted by Gasteiger charge is 2.30. The van der Waals surface area contributed by atoms with Crippen molar-refractivity contribution in [2.75, 3.05) is 7.11 Å². The molecular weight excluding hydrogens is 333 g/mol. The lowest BCUT2D eigenvalue weighted by Crippen LogP contribution is -2.10. The van der Waals surface area contributed by atoms with E-state index in [0.717, 1.165) is 35.0 Å². The van der Waals surface area contributed by atoms with Gasteiger partial charge in [-0.25, -0.2) is 4.79 Å². The fourth-order valence-electron chi connectivity index (χ4n) is 2.35. The first kappa shape index (κ1) is 16.8. The summed E-state index contributed by atoms with van der Waals surface area (Å²) in [5.74, 6) is 0.236. The molecule has 0 aliphatic heterocycles. The molecule has 0 aliphatic rings. The first-order valence-corrected chi connectivity index (χ1v) is 7.34. The van der Waals surface area contributed by atoms with Gasteiger partial charge in [0.1, 0.15) is 11.5 Å². The molecule has 0 saturated carbocycles. The molecule has 0 heterocycles. The van der Waals surface area contributed by atoms with E-state index in [1.165, 1.54) is 0 Å². The minimum absolute atomic E-state index is 0.0405. The normalized spacial score (nSPS) is 11.4. The third kappa shape index (κ3) is 3.74. The van der Waals surface area contributed by atoms with Gasteiger partial charge in [0.2, 0.25) is 0 Å². The minimum Gasteiger partial charge on any atom is -0.497 e. The Labute approximate surface area is 141 Å². The summed E-state index contributed by atoms with van der Waals surface area (Å²) < 4.78 is 48.1. The third-order valence-corrected chi connectivity index (χ3v) is 3.68. The van der Waals surface area contributed by atoms with Crippen LogP contribution in [0.4, 0.5) is 13.2 Å². The highest BCUT2D eigenvalue weighted by molar-refractivity contribution is 5.92. The Hall–Kier alpha value is -3.02. The molecule has 0 bridgehead atoms. The molecule has 0 amide bonds. The van der Waals surface area contributed by atoms with Crippen molar-refractivity contribution in [3.8, 4) is 11.5 Å². The van der Waals surface area contributed by atoms with Crippen LogP contribution in [-0.4, -0.2) is 13.1 Å².